The van der Waals surface area contributed by atoms with Gasteiger partial charge in [0.25, 0.3) is 0 Å². The van der Waals surface area contributed by atoms with Gasteiger partial charge in [-0.25, -0.2) is 4.79 Å². The second-order valence-electron chi connectivity index (χ2n) is 3.64. The molecule has 3 amide bonds. The standard InChI is InChI=1S/C9H17N3O2/c1-4-11(2)9(14)10-7-5-8(13)12(3)6-7/h7H,4-6H2,1-3H3,(H,10,14). The summed E-state index contributed by atoms with van der Waals surface area (Å²) in [7, 11) is 3.48. The number of hydrogen-bond donors (Lipinski definition) is 1. The largest absolute Gasteiger partial charge is 0.344 e. The highest BCUT2D eigenvalue weighted by Gasteiger charge is 2.28. The molecule has 80 valence electrons. The molecule has 5 heteroatoms. The summed E-state index contributed by atoms with van der Waals surface area (Å²) < 4.78 is 0. The summed E-state index contributed by atoms with van der Waals surface area (Å²) >= 11 is 0. The first-order valence-electron chi connectivity index (χ1n) is 4.80. The lowest BCUT2D eigenvalue weighted by Gasteiger charge is -2.18. The molecule has 1 N–H and O–H groups in total. The lowest BCUT2D eigenvalue weighted by atomic mass is 10.2. The predicted molar refractivity (Wildman–Crippen MR) is 52.9 cm³/mol. The van der Waals surface area contributed by atoms with E-state index in [-0.39, 0.29) is 18.0 Å². The highest BCUT2D eigenvalue weighted by atomic mass is 16.2. The van der Waals surface area contributed by atoms with Crippen molar-refractivity contribution in [2.45, 2.75) is 19.4 Å². The fourth-order valence-electron chi connectivity index (χ4n) is 1.39. The van der Waals surface area contributed by atoms with Gasteiger partial charge in [0.05, 0.1) is 6.04 Å². The fraction of sp³-hybridized carbons (Fsp3) is 0.778. The quantitative estimate of drug-likeness (QED) is 0.674. The van der Waals surface area contributed by atoms with Crippen molar-refractivity contribution in [3.63, 3.8) is 0 Å². The summed E-state index contributed by atoms with van der Waals surface area (Å²) in [6.45, 7) is 3.19. The minimum absolute atomic E-state index is 0.0333. The van der Waals surface area contributed by atoms with E-state index in [0.717, 1.165) is 0 Å². The molecule has 14 heavy (non-hydrogen) atoms. The molecule has 0 aromatic carbocycles. The molecule has 0 bridgehead atoms. The normalized spacial score (nSPS) is 21.2. The maximum absolute atomic E-state index is 11.4. The van der Waals surface area contributed by atoms with Crippen LogP contribution in [0.1, 0.15) is 13.3 Å². The summed E-state index contributed by atoms with van der Waals surface area (Å²) in [6, 6.07) is -0.144. The Morgan fingerprint density at radius 2 is 2.36 bits per heavy atom. The van der Waals surface area contributed by atoms with Crippen LogP contribution in [0.2, 0.25) is 0 Å². The molecule has 0 radical (unpaired) electrons. The third kappa shape index (κ3) is 2.37. The van der Waals surface area contributed by atoms with Crippen molar-refractivity contribution in [1.29, 1.82) is 0 Å². The number of amides is 3. The number of urea groups is 1. The average molecular weight is 199 g/mol. The third-order valence-corrected chi connectivity index (χ3v) is 2.49. The van der Waals surface area contributed by atoms with E-state index in [1.165, 1.54) is 0 Å². The van der Waals surface area contributed by atoms with E-state index in [1.54, 1.807) is 23.9 Å². The van der Waals surface area contributed by atoms with Gasteiger partial charge in [0.1, 0.15) is 0 Å². The fourth-order valence-corrected chi connectivity index (χ4v) is 1.39. The summed E-state index contributed by atoms with van der Waals surface area (Å²) in [4.78, 5) is 25.8. The predicted octanol–water partition coefficient (Wildman–Crippen LogP) is -0.122. The average Bonchev–Trinajstić information content (AvgIpc) is 2.44. The number of nitrogens with one attached hydrogen (secondary N) is 1. The van der Waals surface area contributed by atoms with Gasteiger partial charge in [-0.15, -0.1) is 0 Å². The second kappa shape index (κ2) is 4.30. The number of nitrogens with zero attached hydrogens (tertiary/aromatic N) is 2. The molecule has 0 aliphatic carbocycles. The maximum atomic E-state index is 11.4. The van der Waals surface area contributed by atoms with Crippen LogP contribution in [0, 0.1) is 0 Å². The van der Waals surface area contributed by atoms with Crippen molar-refractivity contribution < 1.29 is 9.59 Å². The van der Waals surface area contributed by atoms with Crippen molar-refractivity contribution >= 4 is 11.9 Å². The molecular weight excluding hydrogens is 182 g/mol. The SMILES string of the molecule is CCN(C)C(=O)NC1CC(=O)N(C)C1. The van der Waals surface area contributed by atoms with Gasteiger partial charge in [-0.3, -0.25) is 4.79 Å². The van der Waals surface area contributed by atoms with Gasteiger partial charge in [0.15, 0.2) is 0 Å². The molecule has 1 saturated heterocycles. The smallest absolute Gasteiger partial charge is 0.317 e. The molecule has 1 aliphatic rings. The molecule has 1 heterocycles. The van der Waals surface area contributed by atoms with Gasteiger partial charge < -0.3 is 15.1 Å². The van der Waals surface area contributed by atoms with Crippen LogP contribution in [0.4, 0.5) is 4.79 Å². The zero-order valence-electron chi connectivity index (χ0n) is 8.91. The summed E-state index contributed by atoms with van der Waals surface area (Å²) in [6.07, 6.45) is 0.416. The summed E-state index contributed by atoms with van der Waals surface area (Å²) in [5.41, 5.74) is 0. The zero-order chi connectivity index (χ0) is 10.7. The Morgan fingerprint density at radius 3 is 2.79 bits per heavy atom. The maximum Gasteiger partial charge on any atom is 0.317 e. The lowest BCUT2D eigenvalue weighted by molar-refractivity contribution is -0.126. The molecule has 0 aromatic heterocycles. The van der Waals surface area contributed by atoms with Gasteiger partial charge in [0, 0.05) is 33.6 Å². The van der Waals surface area contributed by atoms with Gasteiger partial charge in [0.2, 0.25) is 5.91 Å². The first-order chi connectivity index (χ1) is 6.54. The van der Waals surface area contributed by atoms with Crippen LogP contribution < -0.4 is 5.32 Å². The molecule has 5 nitrogen and oxygen atoms in total. The zero-order valence-corrected chi connectivity index (χ0v) is 8.91. The van der Waals surface area contributed by atoms with E-state index in [2.05, 4.69) is 5.32 Å². The number of rotatable bonds is 2. The van der Waals surface area contributed by atoms with Crippen molar-refractivity contribution in [3.05, 3.63) is 0 Å². The Bertz CT molecular complexity index is 242. The van der Waals surface area contributed by atoms with Gasteiger partial charge >= 0.3 is 6.03 Å². The minimum atomic E-state index is -0.111. The Balaban J connectivity index is 2.39. The van der Waals surface area contributed by atoms with E-state index in [9.17, 15) is 9.59 Å². The van der Waals surface area contributed by atoms with Gasteiger partial charge in [-0.2, -0.15) is 0 Å². The van der Waals surface area contributed by atoms with Crippen LogP contribution in [0.15, 0.2) is 0 Å². The summed E-state index contributed by atoms with van der Waals surface area (Å²) in [5, 5.41) is 2.81. The van der Waals surface area contributed by atoms with E-state index in [0.29, 0.717) is 19.5 Å². The van der Waals surface area contributed by atoms with Crippen LogP contribution in [0.5, 0.6) is 0 Å². The van der Waals surface area contributed by atoms with Crippen molar-refractivity contribution in [1.82, 2.24) is 15.1 Å². The monoisotopic (exact) mass is 199 g/mol. The van der Waals surface area contributed by atoms with Gasteiger partial charge in [-0.05, 0) is 6.92 Å². The molecule has 1 unspecified atom stereocenters. The molecule has 1 rings (SSSR count). The Hall–Kier alpha value is -1.26. The van der Waals surface area contributed by atoms with E-state index in [4.69, 9.17) is 0 Å². The van der Waals surface area contributed by atoms with Crippen LogP contribution in [-0.4, -0.2) is 55.0 Å². The first-order valence-corrected chi connectivity index (χ1v) is 4.80. The van der Waals surface area contributed by atoms with Crippen molar-refractivity contribution in [3.8, 4) is 0 Å². The Labute approximate surface area is 84.0 Å². The molecule has 1 aliphatic heterocycles. The summed E-state index contributed by atoms with van der Waals surface area (Å²) in [5.74, 6) is 0.0921. The number of likely N-dealkylation sites (tertiary alicyclic amines) is 1. The number of carbonyl (C=O) groups is 2. The molecule has 0 aromatic rings. The van der Waals surface area contributed by atoms with Gasteiger partial charge in [-0.1, -0.05) is 0 Å². The third-order valence-electron chi connectivity index (χ3n) is 2.49. The highest BCUT2D eigenvalue weighted by Crippen LogP contribution is 2.08. The lowest BCUT2D eigenvalue weighted by Crippen LogP contribution is -2.43. The minimum Gasteiger partial charge on any atom is -0.344 e. The van der Waals surface area contributed by atoms with E-state index < -0.39 is 0 Å². The van der Waals surface area contributed by atoms with Crippen LogP contribution >= 0.6 is 0 Å². The Morgan fingerprint density at radius 1 is 1.71 bits per heavy atom. The van der Waals surface area contributed by atoms with E-state index >= 15 is 0 Å². The second-order valence-corrected chi connectivity index (χ2v) is 3.64. The van der Waals surface area contributed by atoms with E-state index in [1.807, 2.05) is 6.92 Å². The highest BCUT2D eigenvalue weighted by molar-refractivity contribution is 5.81. The molecule has 1 atom stereocenters. The van der Waals surface area contributed by atoms with Crippen LogP contribution in [0.25, 0.3) is 0 Å². The van der Waals surface area contributed by atoms with Crippen molar-refractivity contribution in [2.24, 2.45) is 0 Å². The molecular formula is C9H17N3O2. The van der Waals surface area contributed by atoms with Crippen molar-refractivity contribution in [2.75, 3.05) is 27.2 Å². The van der Waals surface area contributed by atoms with Crippen LogP contribution in [-0.2, 0) is 4.79 Å². The number of hydrogen-bond acceptors (Lipinski definition) is 2. The molecule has 0 saturated carbocycles. The number of carbonyl (C=O) groups excluding carboxylic acids is 2. The number of likely N-dealkylation sites (N-methyl/N-ethyl adjacent to an activating group) is 1. The molecule has 0 spiro atoms. The molecule has 1 fully saturated rings. The topological polar surface area (TPSA) is 52.7 Å². The Kier molecular flexibility index (Phi) is 3.33. The first kappa shape index (κ1) is 10.8. The van der Waals surface area contributed by atoms with Crippen LogP contribution in [0.3, 0.4) is 0 Å².